The topological polar surface area (TPSA) is 12.5 Å². The Morgan fingerprint density at radius 3 is 3.05 bits per heavy atom. The lowest BCUT2D eigenvalue weighted by atomic mass is 9.80. The highest BCUT2D eigenvalue weighted by Gasteiger charge is 2.28. The number of nitrogens with zero attached hydrogens (tertiary/aromatic N) is 1. The summed E-state index contributed by atoms with van der Waals surface area (Å²) >= 11 is 0. The van der Waals surface area contributed by atoms with E-state index in [0.717, 1.165) is 18.7 Å². The summed E-state index contributed by atoms with van der Waals surface area (Å²) in [5, 5.41) is 0. The molecule has 0 spiro atoms. The Morgan fingerprint density at radius 2 is 2.25 bits per heavy atom. The van der Waals surface area contributed by atoms with Crippen molar-refractivity contribution < 1.29 is 4.74 Å². The Bertz CT molecular complexity index is 486. The number of hydrogen-bond acceptors (Lipinski definition) is 2. The number of ether oxygens (including phenoxy) is 1. The van der Waals surface area contributed by atoms with Crippen LogP contribution in [0.15, 0.2) is 24.8 Å². The summed E-state index contributed by atoms with van der Waals surface area (Å²) in [6, 6.07) is 4.46. The smallest absolute Gasteiger partial charge is 0.123 e. The molecule has 1 heterocycles. The molecule has 1 aromatic carbocycles. The third-order valence-electron chi connectivity index (χ3n) is 4.44. The van der Waals surface area contributed by atoms with Gasteiger partial charge in [0.25, 0.3) is 0 Å². The minimum atomic E-state index is 0. The maximum atomic E-state index is 5.88. The van der Waals surface area contributed by atoms with Crippen LogP contribution in [0, 0.1) is 0 Å². The molecule has 3 rings (SSSR count). The molecule has 110 valence electrons. The molecule has 2 nitrogen and oxygen atoms in total. The maximum Gasteiger partial charge on any atom is 0.123 e. The second-order valence-corrected chi connectivity index (χ2v) is 5.82. The molecule has 0 saturated carbocycles. The summed E-state index contributed by atoms with van der Waals surface area (Å²) in [5.41, 5.74) is 4.64. The minimum Gasteiger partial charge on any atom is -0.489 e. The van der Waals surface area contributed by atoms with E-state index in [1.807, 2.05) is 6.08 Å². The van der Waals surface area contributed by atoms with E-state index in [1.54, 1.807) is 11.1 Å². The largest absolute Gasteiger partial charge is 0.489 e. The molecule has 0 bridgehead atoms. The third-order valence-corrected chi connectivity index (χ3v) is 4.44. The zero-order valence-electron chi connectivity index (χ0n) is 12.2. The summed E-state index contributed by atoms with van der Waals surface area (Å²) in [4.78, 5) is 2.47. The normalized spacial score (nSPS) is 21.4. The van der Waals surface area contributed by atoms with Gasteiger partial charge in [-0.3, -0.25) is 0 Å². The first-order chi connectivity index (χ1) is 9.29. The van der Waals surface area contributed by atoms with Crippen LogP contribution >= 0.6 is 12.4 Å². The lowest BCUT2D eigenvalue weighted by Crippen LogP contribution is -2.25. The number of hydrogen-bond donors (Lipinski definition) is 0. The molecule has 0 aromatic heterocycles. The van der Waals surface area contributed by atoms with Crippen LogP contribution in [-0.4, -0.2) is 31.6 Å². The van der Waals surface area contributed by atoms with Crippen molar-refractivity contribution in [2.75, 3.05) is 26.7 Å². The van der Waals surface area contributed by atoms with Gasteiger partial charge in [0.1, 0.15) is 12.4 Å². The van der Waals surface area contributed by atoms with E-state index in [2.05, 4.69) is 30.7 Å². The first-order valence-corrected chi connectivity index (χ1v) is 7.36. The van der Waals surface area contributed by atoms with Crippen molar-refractivity contribution in [1.82, 2.24) is 4.90 Å². The average molecular weight is 294 g/mol. The van der Waals surface area contributed by atoms with Crippen molar-refractivity contribution in [3.63, 3.8) is 0 Å². The molecule has 0 N–H and O–H groups in total. The fourth-order valence-corrected chi connectivity index (χ4v) is 3.60. The predicted molar refractivity (Wildman–Crippen MR) is 86.3 cm³/mol. The molecule has 1 aliphatic heterocycles. The average Bonchev–Trinajstić information content (AvgIpc) is 2.59. The zero-order valence-corrected chi connectivity index (χ0v) is 13.0. The fraction of sp³-hybridized carbons (Fsp3) is 0.529. The Hall–Kier alpha value is -0.990. The molecule has 0 fully saturated rings. The molecule has 1 atom stereocenters. The van der Waals surface area contributed by atoms with Gasteiger partial charge in [-0.25, -0.2) is 0 Å². The molecule has 3 heteroatoms. The maximum absolute atomic E-state index is 5.88. The van der Waals surface area contributed by atoms with Crippen molar-refractivity contribution in [2.45, 2.75) is 31.6 Å². The van der Waals surface area contributed by atoms with E-state index >= 15 is 0 Å². The molecule has 2 aliphatic rings. The van der Waals surface area contributed by atoms with E-state index in [1.165, 1.54) is 31.4 Å². The highest BCUT2D eigenvalue weighted by molar-refractivity contribution is 5.85. The third kappa shape index (κ3) is 2.87. The fourth-order valence-electron chi connectivity index (χ4n) is 3.60. The summed E-state index contributed by atoms with van der Waals surface area (Å²) in [7, 11) is 2.24. The van der Waals surface area contributed by atoms with Crippen LogP contribution in [-0.2, 0) is 12.8 Å². The van der Waals surface area contributed by atoms with E-state index in [-0.39, 0.29) is 12.4 Å². The van der Waals surface area contributed by atoms with Crippen molar-refractivity contribution in [1.29, 1.82) is 0 Å². The number of benzene rings is 1. The molecule has 0 saturated heterocycles. The van der Waals surface area contributed by atoms with Gasteiger partial charge in [0, 0.05) is 13.1 Å². The first-order valence-electron chi connectivity index (χ1n) is 7.36. The van der Waals surface area contributed by atoms with Gasteiger partial charge in [-0.05, 0) is 61.4 Å². The van der Waals surface area contributed by atoms with Crippen molar-refractivity contribution in [3.8, 4) is 5.75 Å². The van der Waals surface area contributed by atoms with Crippen LogP contribution in [0.4, 0.5) is 0 Å². The number of halogens is 1. The SMILES string of the molecule is C=CCOc1ccc2c3c1CCN(C)CC3CCC2.Cl. The van der Waals surface area contributed by atoms with Crippen LogP contribution in [0.3, 0.4) is 0 Å². The highest BCUT2D eigenvalue weighted by atomic mass is 35.5. The second kappa shape index (κ2) is 6.64. The van der Waals surface area contributed by atoms with Gasteiger partial charge in [-0.1, -0.05) is 18.7 Å². The second-order valence-electron chi connectivity index (χ2n) is 5.82. The van der Waals surface area contributed by atoms with Crippen LogP contribution < -0.4 is 4.74 Å². The Labute approximate surface area is 128 Å². The monoisotopic (exact) mass is 293 g/mol. The predicted octanol–water partition coefficient (Wildman–Crippen LogP) is 3.58. The molecule has 20 heavy (non-hydrogen) atoms. The lowest BCUT2D eigenvalue weighted by Gasteiger charge is -2.28. The van der Waals surface area contributed by atoms with Gasteiger partial charge in [0.2, 0.25) is 0 Å². The van der Waals surface area contributed by atoms with Crippen molar-refractivity contribution in [2.24, 2.45) is 0 Å². The van der Waals surface area contributed by atoms with Gasteiger partial charge in [-0.2, -0.15) is 0 Å². The Kier molecular flexibility index (Phi) is 5.11. The van der Waals surface area contributed by atoms with Crippen molar-refractivity contribution in [3.05, 3.63) is 41.5 Å². The quantitative estimate of drug-likeness (QED) is 0.790. The standard InChI is InChI=1S/C17H23NO.ClH/c1-3-11-19-16-8-7-13-5-4-6-14-12-18(2)10-9-15(16)17(13)14;/h3,7-8,14H,1,4-6,9-12H2,2H3;1H. The molecule has 1 aliphatic carbocycles. The van der Waals surface area contributed by atoms with Gasteiger partial charge in [0.05, 0.1) is 0 Å². The zero-order chi connectivity index (χ0) is 13.2. The molecular formula is C17H24ClNO. The Morgan fingerprint density at radius 1 is 1.40 bits per heavy atom. The highest BCUT2D eigenvalue weighted by Crippen LogP contribution is 2.40. The van der Waals surface area contributed by atoms with E-state index in [0.29, 0.717) is 12.5 Å². The number of rotatable bonds is 3. The molecule has 0 amide bonds. The summed E-state index contributed by atoms with van der Waals surface area (Å²) in [5.74, 6) is 1.79. The van der Waals surface area contributed by atoms with E-state index < -0.39 is 0 Å². The lowest BCUT2D eigenvalue weighted by molar-refractivity contribution is 0.313. The minimum absolute atomic E-state index is 0. The van der Waals surface area contributed by atoms with Gasteiger partial charge >= 0.3 is 0 Å². The molecule has 1 unspecified atom stereocenters. The van der Waals surface area contributed by atoms with Gasteiger partial charge in [0.15, 0.2) is 0 Å². The Balaban J connectivity index is 0.00000147. The number of likely N-dealkylation sites (N-methyl/N-ethyl adjacent to an activating group) is 1. The number of aryl methyl sites for hydroxylation is 1. The van der Waals surface area contributed by atoms with Crippen LogP contribution in [0.2, 0.25) is 0 Å². The molecular weight excluding hydrogens is 270 g/mol. The van der Waals surface area contributed by atoms with Crippen LogP contribution in [0.5, 0.6) is 5.75 Å². The summed E-state index contributed by atoms with van der Waals surface area (Å²) in [6.45, 7) is 6.68. The van der Waals surface area contributed by atoms with Crippen LogP contribution in [0.1, 0.15) is 35.4 Å². The van der Waals surface area contributed by atoms with E-state index in [9.17, 15) is 0 Å². The summed E-state index contributed by atoms with van der Waals surface area (Å²) < 4.78 is 5.88. The summed E-state index contributed by atoms with van der Waals surface area (Å²) in [6.07, 6.45) is 6.84. The van der Waals surface area contributed by atoms with E-state index in [4.69, 9.17) is 4.74 Å². The van der Waals surface area contributed by atoms with Gasteiger partial charge < -0.3 is 9.64 Å². The van der Waals surface area contributed by atoms with Crippen molar-refractivity contribution >= 4 is 12.4 Å². The molecule has 0 radical (unpaired) electrons. The first kappa shape index (κ1) is 15.4. The van der Waals surface area contributed by atoms with Gasteiger partial charge in [-0.15, -0.1) is 12.4 Å². The molecule has 1 aromatic rings. The van der Waals surface area contributed by atoms with Crippen LogP contribution in [0.25, 0.3) is 0 Å².